The molecule has 0 aliphatic heterocycles. The molecule has 0 unspecified atom stereocenters. The van der Waals surface area contributed by atoms with Gasteiger partial charge < -0.3 is 5.73 Å². The van der Waals surface area contributed by atoms with Crippen LogP contribution in [0.1, 0.15) is 53.9 Å². The first-order valence-corrected chi connectivity index (χ1v) is 8.45. The zero-order valence-corrected chi connectivity index (χ0v) is 13.8. The third-order valence-corrected chi connectivity index (χ3v) is 3.21. The van der Waals surface area contributed by atoms with E-state index in [4.69, 9.17) is 5.73 Å². The van der Waals surface area contributed by atoms with Crippen molar-refractivity contribution in [3.63, 3.8) is 0 Å². The van der Waals surface area contributed by atoms with Crippen LogP contribution < -0.4 is 5.73 Å². The van der Waals surface area contributed by atoms with Gasteiger partial charge in [-0.25, -0.2) is 0 Å². The van der Waals surface area contributed by atoms with Crippen LogP contribution in [0.5, 0.6) is 0 Å². The Bertz CT molecular complexity index is 171. The first-order chi connectivity index (χ1) is 8.26. The fraction of sp³-hybridized carbons (Fsp3) is 0.833. The maximum absolute atomic E-state index is 5.07. The van der Waals surface area contributed by atoms with E-state index in [0.29, 0.717) is 0 Å². The number of nitrogens with two attached hydrogens (primary N) is 1. The van der Waals surface area contributed by atoms with Crippen molar-refractivity contribution in [1.82, 2.24) is 0 Å². The Kier molecular flexibility index (Phi) is 32.3. The molecule has 3 nitrogen and oxygen atoms in total. The smallest absolute Gasteiger partial charge is 0.152 e. The van der Waals surface area contributed by atoms with Gasteiger partial charge in [0.15, 0.2) is 4.38 Å². The second-order valence-corrected chi connectivity index (χ2v) is 4.88. The van der Waals surface area contributed by atoms with Crippen molar-refractivity contribution in [2.45, 2.75) is 53.9 Å². The summed E-state index contributed by atoms with van der Waals surface area (Å²) in [6.07, 6.45) is 6.88. The molecule has 0 saturated carbocycles. The normalized spacial score (nSPS) is 10.4. The van der Waals surface area contributed by atoms with Gasteiger partial charge in [-0.15, -0.1) is 22.0 Å². The minimum atomic E-state index is 0.977. The van der Waals surface area contributed by atoms with E-state index in [9.17, 15) is 0 Å². The lowest BCUT2D eigenvalue weighted by Crippen LogP contribution is -1.90. The number of hydrogen-bond donors (Lipinski definition) is 1. The van der Waals surface area contributed by atoms with Gasteiger partial charge in [-0.3, -0.25) is 0 Å². The number of hydrogen-bond acceptors (Lipinski definition) is 4. The fourth-order valence-electron chi connectivity index (χ4n) is 0.513. The Balaban J connectivity index is -0.000000337. The Hall–Kier alpha value is -0.160. The standard InChI is InChI=1S/C7H15N3S2.C3H8.C2H6/c1-3-4-5-12-7(11-2)10-9-6-8;1-3-2;1-2/h6H,3-5H2,1-2H3,(H2,8,9);3H2,1-2H3;1-2H3/b10-7+;;. The molecule has 2 N–H and O–H groups in total. The van der Waals surface area contributed by atoms with Crippen molar-refractivity contribution in [2.24, 2.45) is 15.9 Å². The molecule has 0 aromatic rings. The predicted molar refractivity (Wildman–Crippen MR) is 88.3 cm³/mol. The van der Waals surface area contributed by atoms with Gasteiger partial charge in [0.25, 0.3) is 0 Å². The summed E-state index contributed by atoms with van der Waals surface area (Å²) in [5, 5.41) is 7.54. The van der Waals surface area contributed by atoms with E-state index in [1.165, 1.54) is 25.6 Å². The van der Waals surface area contributed by atoms with Crippen LogP contribution in [0.25, 0.3) is 0 Å². The molecule has 0 aliphatic carbocycles. The summed E-state index contributed by atoms with van der Waals surface area (Å²) >= 11 is 3.33. The average molecular weight is 280 g/mol. The fourth-order valence-corrected chi connectivity index (χ4v) is 2.08. The second-order valence-electron chi connectivity index (χ2n) is 2.74. The SMILES string of the molecule is CC.CCC.CCCCS/C(=N/N=C/N)SC. The van der Waals surface area contributed by atoms with Crippen LogP contribution in [-0.2, 0) is 0 Å². The zero-order chi connectivity index (χ0) is 13.9. The summed E-state index contributed by atoms with van der Waals surface area (Å²) in [4.78, 5) is 0. The van der Waals surface area contributed by atoms with Crippen LogP contribution in [0, 0.1) is 0 Å². The van der Waals surface area contributed by atoms with E-state index >= 15 is 0 Å². The summed E-state index contributed by atoms with van der Waals surface area (Å²) in [6, 6.07) is 0. The molecule has 0 rings (SSSR count). The Morgan fingerprint density at radius 1 is 1.24 bits per heavy atom. The van der Waals surface area contributed by atoms with Crippen molar-refractivity contribution < 1.29 is 0 Å². The van der Waals surface area contributed by atoms with Gasteiger partial charge in [-0.2, -0.15) is 0 Å². The molecule has 17 heavy (non-hydrogen) atoms. The van der Waals surface area contributed by atoms with E-state index < -0.39 is 0 Å². The summed E-state index contributed by atoms with van der Waals surface area (Å²) in [7, 11) is 0. The largest absolute Gasteiger partial charge is 0.388 e. The molecule has 0 saturated heterocycles. The third-order valence-electron chi connectivity index (χ3n) is 1.10. The highest BCUT2D eigenvalue weighted by atomic mass is 32.2. The molecule has 0 aromatic carbocycles. The minimum absolute atomic E-state index is 0.977. The van der Waals surface area contributed by atoms with E-state index in [2.05, 4.69) is 31.0 Å². The van der Waals surface area contributed by atoms with Crippen LogP contribution >= 0.6 is 23.5 Å². The highest BCUT2D eigenvalue weighted by molar-refractivity contribution is 8.38. The van der Waals surface area contributed by atoms with Gasteiger partial charge >= 0.3 is 0 Å². The van der Waals surface area contributed by atoms with Crippen molar-refractivity contribution in [2.75, 3.05) is 12.0 Å². The Morgan fingerprint density at radius 2 is 1.76 bits per heavy atom. The molecule has 0 radical (unpaired) electrons. The molecule has 0 fully saturated rings. The maximum atomic E-state index is 5.07. The van der Waals surface area contributed by atoms with Gasteiger partial charge in [0.05, 0.1) is 0 Å². The molecular weight excluding hydrogens is 250 g/mol. The lowest BCUT2D eigenvalue weighted by molar-refractivity contribution is 0.898. The van der Waals surface area contributed by atoms with E-state index in [-0.39, 0.29) is 0 Å². The molecule has 0 amide bonds. The first-order valence-electron chi connectivity index (χ1n) is 6.24. The highest BCUT2D eigenvalue weighted by Gasteiger charge is 1.96. The van der Waals surface area contributed by atoms with Gasteiger partial charge in [0.2, 0.25) is 0 Å². The van der Waals surface area contributed by atoms with Crippen LogP contribution in [-0.4, -0.2) is 22.7 Å². The van der Waals surface area contributed by atoms with E-state index in [1.54, 1.807) is 23.5 Å². The number of unbranched alkanes of at least 4 members (excludes halogenated alkanes) is 1. The molecular formula is C12H29N3S2. The number of rotatable bonds is 4. The molecule has 0 aromatic heterocycles. The number of thioether (sulfide) groups is 2. The topological polar surface area (TPSA) is 50.7 Å². The quantitative estimate of drug-likeness (QED) is 0.354. The van der Waals surface area contributed by atoms with Crippen LogP contribution in [0.2, 0.25) is 0 Å². The monoisotopic (exact) mass is 279 g/mol. The lowest BCUT2D eigenvalue weighted by Gasteiger charge is -1.98. The zero-order valence-electron chi connectivity index (χ0n) is 12.2. The summed E-state index contributed by atoms with van der Waals surface area (Å²) in [5.74, 6) is 1.11. The average Bonchev–Trinajstić information content (AvgIpc) is 2.37. The second kappa shape index (κ2) is 24.9. The first kappa shape index (κ1) is 22.1. The van der Waals surface area contributed by atoms with Gasteiger partial charge in [0, 0.05) is 5.75 Å². The van der Waals surface area contributed by atoms with Crippen molar-refractivity contribution in [3.8, 4) is 0 Å². The van der Waals surface area contributed by atoms with Crippen molar-refractivity contribution in [3.05, 3.63) is 0 Å². The molecule has 0 atom stereocenters. The molecule has 0 aliphatic rings. The Labute approximate surface area is 116 Å². The lowest BCUT2D eigenvalue weighted by atomic mass is 10.4. The molecule has 5 heteroatoms. The van der Waals surface area contributed by atoms with Crippen molar-refractivity contribution >= 4 is 34.2 Å². The maximum Gasteiger partial charge on any atom is 0.152 e. The summed E-state index contributed by atoms with van der Waals surface area (Å²) < 4.78 is 0.977. The summed E-state index contributed by atoms with van der Waals surface area (Å²) in [5.41, 5.74) is 5.07. The molecule has 104 valence electrons. The van der Waals surface area contributed by atoms with Gasteiger partial charge in [0.1, 0.15) is 6.34 Å². The van der Waals surface area contributed by atoms with Crippen molar-refractivity contribution in [1.29, 1.82) is 0 Å². The molecule has 0 bridgehead atoms. The molecule has 0 heterocycles. The van der Waals surface area contributed by atoms with Crippen LogP contribution in [0.15, 0.2) is 10.2 Å². The minimum Gasteiger partial charge on any atom is -0.388 e. The summed E-state index contributed by atoms with van der Waals surface area (Å²) in [6.45, 7) is 10.4. The van der Waals surface area contributed by atoms with E-state index in [0.717, 1.165) is 10.1 Å². The van der Waals surface area contributed by atoms with E-state index in [1.807, 2.05) is 20.1 Å². The molecule has 0 spiro atoms. The van der Waals surface area contributed by atoms with Gasteiger partial charge in [-0.05, 0) is 12.7 Å². The number of nitrogens with zero attached hydrogens (tertiary/aromatic N) is 2. The van der Waals surface area contributed by atoms with Crippen LogP contribution in [0.3, 0.4) is 0 Å². The Morgan fingerprint density at radius 3 is 2.12 bits per heavy atom. The third kappa shape index (κ3) is 25.8. The highest BCUT2D eigenvalue weighted by Crippen LogP contribution is 2.15. The van der Waals surface area contributed by atoms with Gasteiger partial charge in [-0.1, -0.05) is 59.2 Å². The van der Waals surface area contributed by atoms with Crippen LogP contribution in [0.4, 0.5) is 0 Å². The predicted octanol–water partition coefficient (Wildman–Crippen LogP) is 4.58.